The van der Waals surface area contributed by atoms with Gasteiger partial charge in [-0.3, -0.25) is 9.24 Å². The van der Waals surface area contributed by atoms with Gasteiger partial charge >= 0.3 is 13.0 Å². The second kappa shape index (κ2) is 22.6. The Hall–Kier alpha value is -4.94. The lowest BCUT2D eigenvalue weighted by atomic mass is 10.00. The lowest BCUT2D eigenvalue weighted by molar-refractivity contribution is -0.0435. The van der Waals surface area contributed by atoms with Gasteiger partial charge in [0.1, 0.15) is 4.90 Å². The number of rotatable bonds is 17. The third-order valence-electron chi connectivity index (χ3n) is 14.3. The van der Waals surface area contributed by atoms with Crippen molar-refractivity contribution in [3.05, 3.63) is 132 Å². The SMILES string of the molecule is Cc1c(S(C)(=O)=O)c(-c2cccc(N3CCN(c4ccc(N5CCO[P@@]5(=O)c5ccc(N[C@H](CCN6CCCCC6)CSc6ccccc6)c(S(=O)(=O)C(F)(F)F)c5)cc4)CC3)c2)c(-c2ccc(Cl)cc2)n1C(C)C. The monoisotopic (exact) mass is 1120 g/mol. The van der Waals surface area contributed by atoms with Crippen LogP contribution in [0, 0.1) is 6.92 Å². The van der Waals surface area contributed by atoms with E-state index in [1.807, 2.05) is 106 Å². The van der Waals surface area contributed by atoms with Gasteiger partial charge < -0.3 is 29.1 Å². The minimum absolute atomic E-state index is 0.0139. The quantitative estimate of drug-likeness (QED) is 0.0690. The predicted octanol–water partition coefficient (Wildman–Crippen LogP) is 12.2. The maximum Gasteiger partial charge on any atom is 0.501 e. The second-order valence-electron chi connectivity index (χ2n) is 19.7. The number of hydrogen-bond donors (Lipinski definition) is 1. The largest absolute Gasteiger partial charge is 0.501 e. The number of hydrogen-bond acceptors (Lipinski definition) is 11. The highest BCUT2D eigenvalue weighted by Gasteiger charge is 2.49. The van der Waals surface area contributed by atoms with Gasteiger partial charge in [0.05, 0.1) is 34.7 Å². The van der Waals surface area contributed by atoms with Crippen molar-refractivity contribution < 1.29 is 39.1 Å². The number of anilines is 4. The van der Waals surface area contributed by atoms with Crippen LogP contribution in [0.15, 0.2) is 136 Å². The minimum atomic E-state index is -5.91. The molecule has 12 nitrogen and oxygen atoms in total. The van der Waals surface area contributed by atoms with Gasteiger partial charge in [-0.05, 0) is 143 Å². The number of alkyl halides is 3. The van der Waals surface area contributed by atoms with Gasteiger partial charge in [0.15, 0.2) is 9.84 Å². The van der Waals surface area contributed by atoms with Crippen molar-refractivity contribution in [2.24, 2.45) is 0 Å². The molecule has 0 amide bonds. The molecule has 75 heavy (non-hydrogen) atoms. The smallest absolute Gasteiger partial charge is 0.380 e. The molecule has 0 spiro atoms. The van der Waals surface area contributed by atoms with Crippen LogP contribution in [-0.4, -0.2) is 109 Å². The zero-order chi connectivity index (χ0) is 53.3. The van der Waals surface area contributed by atoms with Crippen molar-refractivity contribution in [3.8, 4) is 22.4 Å². The van der Waals surface area contributed by atoms with Gasteiger partial charge in [0, 0.05) is 95.1 Å². The van der Waals surface area contributed by atoms with Crippen molar-refractivity contribution in [3.63, 3.8) is 0 Å². The number of thioether (sulfide) groups is 1. The molecule has 3 fully saturated rings. The molecular formula is C55H63ClF3N6O6PS3. The Labute approximate surface area is 448 Å². The molecule has 1 N–H and O–H groups in total. The Kier molecular flexibility index (Phi) is 16.5. The number of nitrogens with one attached hydrogen (secondary N) is 1. The first-order chi connectivity index (χ1) is 35.7. The van der Waals surface area contributed by atoms with E-state index in [4.69, 9.17) is 16.1 Å². The van der Waals surface area contributed by atoms with Crippen LogP contribution < -0.4 is 25.1 Å². The maximum atomic E-state index is 15.0. The molecule has 20 heteroatoms. The maximum absolute atomic E-state index is 15.0. The van der Waals surface area contributed by atoms with Gasteiger partial charge in [-0.15, -0.1) is 11.8 Å². The van der Waals surface area contributed by atoms with E-state index in [0.29, 0.717) is 71.8 Å². The van der Waals surface area contributed by atoms with E-state index in [0.717, 1.165) is 71.5 Å². The number of halogens is 4. The first kappa shape index (κ1) is 54.8. The van der Waals surface area contributed by atoms with E-state index in [9.17, 15) is 34.6 Å². The molecule has 3 aliphatic rings. The lowest BCUT2D eigenvalue weighted by Crippen LogP contribution is -2.46. The molecule has 0 radical (unpaired) electrons. The first-order valence-electron chi connectivity index (χ1n) is 25.3. The van der Waals surface area contributed by atoms with Crippen LogP contribution >= 0.6 is 30.9 Å². The minimum Gasteiger partial charge on any atom is -0.380 e. The number of sulfone groups is 2. The normalized spacial score (nSPS) is 18.5. The second-order valence-corrected chi connectivity index (χ2v) is 27.4. The average molecular weight is 1120 g/mol. The molecule has 9 rings (SSSR count). The molecular weight excluding hydrogens is 1060 g/mol. The first-order valence-corrected chi connectivity index (χ1v) is 31.6. The van der Waals surface area contributed by atoms with Crippen LogP contribution in [-0.2, 0) is 28.8 Å². The third-order valence-corrected chi connectivity index (χ3v) is 21.0. The molecule has 6 aromatic rings. The van der Waals surface area contributed by atoms with Crippen LogP contribution in [0.4, 0.5) is 35.9 Å². The van der Waals surface area contributed by atoms with Crippen molar-refractivity contribution in [2.45, 2.75) is 78.7 Å². The zero-order valence-corrected chi connectivity index (χ0v) is 46.6. The van der Waals surface area contributed by atoms with Gasteiger partial charge in [-0.2, -0.15) is 13.2 Å². The molecule has 3 aliphatic heterocycles. The highest BCUT2D eigenvalue weighted by molar-refractivity contribution is 7.99. The number of piperazine rings is 1. The molecule has 0 aliphatic carbocycles. The Bertz CT molecular complexity index is 3260. The summed E-state index contributed by atoms with van der Waals surface area (Å²) in [5.41, 5.74) is 0.322. The summed E-state index contributed by atoms with van der Waals surface area (Å²) in [5, 5.41) is 3.62. The fourth-order valence-corrected chi connectivity index (χ4v) is 16.2. The van der Waals surface area contributed by atoms with E-state index >= 15 is 0 Å². The lowest BCUT2D eigenvalue weighted by Gasteiger charge is -2.37. The summed E-state index contributed by atoms with van der Waals surface area (Å²) in [6, 6.07) is 35.7. The van der Waals surface area contributed by atoms with Crippen LogP contribution in [0.3, 0.4) is 0 Å². The zero-order valence-electron chi connectivity index (χ0n) is 42.5. The number of nitrogens with zero attached hydrogens (tertiary/aromatic N) is 5. The molecule has 400 valence electrons. The summed E-state index contributed by atoms with van der Waals surface area (Å²) in [6.45, 7) is 11.3. The van der Waals surface area contributed by atoms with Gasteiger partial charge in [-0.25, -0.2) is 16.8 Å². The number of aromatic nitrogens is 1. The van der Waals surface area contributed by atoms with Crippen LogP contribution in [0.25, 0.3) is 22.4 Å². The molecule has 3 saturated heterocycles. The molecule has 0 saturated carbocycles. The molecule has 0 unspecified atom stereocenters. The Morgan fingerprint density at radius 3 is 2.04 bits per heavy atom. The fraction of sp³-hybridized carbons (Fsp3) is 0.382. The molecule has 5 aromatic carbocycles. The van der Waals surface area contributed by atoms with E-state index in [-0.39, 0.29) is 30.2 Å². The highest BCUT2D eigenvalue weighted by Crippen LogP contribution is 2.56. The molecule has 2 atom stereocenters. The number of benzene rings is 5. The Morgan fingerprint density at radius 1 is 0.747 bits per heavy atom. The van der Waals surface area contributed by atoms with Crippen LogP contribution in [0.5, 0.6) is 0 Å². The van der Waals surface area contributed by atoms with E-state index in [2.05, 4.69) is 30.6 Å². The molecule has 0 bridgehead atoms. The average Bonchev–Trinajstić information content (AvgIpc) is 3.96. The summed E-state index contributed by atoms with van der Waals surface area (Å²) < 4.78 is 122. The van der Waals surface area contributed by atoms with Gasteiger partial charge in [0.25, 0.3) is 9.84 Å². The van der Waals surface area contributed by atoms with Gasteiger partial charge in [-0.1, -0.05) is 60.5 Å². The number of likely N-dealkylation sites (tertiary alicyclic amines) is 1. The van der Waals surface area contributed by atoms with Crippen molar-refractivity contribution in [1.82, 2.24) is 9.47 Å². The van der Waals surface area contributed by atoms with E-state index in [1.54, 1.807) is 12.1 Å². The summed E-state index contributed by atoms with van der Waals surface area (Å²) in [4.78, 5) is 7.12. The standard InChI is InChI=1S/C55H63ClF3N6O6PS3/c1-39(2)65-40(3)54(74(4,67)68)52(53(65)41-16-18-43(56)19-17-41)42-12-11-13-47(36-42)63-32-30-62(31-33-63)45-20-22-46(23-21-45)64-34-35-71-72(64,66)48-24-25-50(51(37-48)75(69,70)55(57,58)59)60-44(26-29-61-27-9-6-10-28-61)38-73-49-14-7-5-8-15-49/h5,7-8,11-25,36-37,39,44,60H,6,9-10,26-35,38H2,1-4H3/t44-,72+/m1/s1. The van der Waals surface area contributed by atoms with Crippen molar-refractivity contribution >= 4 is 78.6 Å². The van der Waals surface area contributed by atoms with E-state index in [1.165, 1.54) is 34.8 Å². The fourth-order valence-electron chi connectivity index (χ4n) is 10.6. The third kappa shape index (κ3) is 11.8. The van der Waals surface area contributed by atoms with Crippen LogP contribution in [0.1, 0.15) is 51.3 Å². The Balaban J connectivity index is 0.930. The van der Waals surface area contributed by atoms with Gasteiger partial charge in [0.2, 0.25) is 0 Å². The predicted molar refractivity (Wildman–Crippen MR) is 299 cm³/mol. The molecule has 1 aromatic heterocycles. The topological polar surface area (TPSA) is 124 Å². The van der Waals surface area contributed by atoms with E-state index < -0.39 is 43.6 Å². The summed E-state index contributed by atoms with van der Waals surface area (Å²) in [6.07, 6.45) is 5.13. The Morgan fingerprint density at radius 2 is 1.40 bits per heavy atom. The summed E-state index contributed by atoms with van der Waals surface area (Å²) >= 11 is 7.83. The number of piperidine rings is 1. The highest BCUT2D eigenvalue weighted by atomic mass is 35.5. The van der Waals surface area contributed by atoms with Crippen molar-refractivity contribution in [1.29, 1.82) is 0 Å². The molecule has 4 heterocycles. The summed E-state index contributed by atoms with van der Waals surface area (Å²) in [5.74, 6) is 0.469. The summed E-state index contributed by atoms with van der Waals surface area (Å²) in [7, 11) is -13.7. The van der Waals surface area contributed by atoms with Crippen molar-refractivity contribution in [2.75, 3.05) is 90.8 Å². The van der Waals surface area contributed by atoms with Crippen LogP contribution in [0.2, 0.25) is 5.02 Å².